The highest BCUT2D eigenvalue weighted by Gasteiger charge is 2.37. The summed E-state index contributed by atoms with van der Waals surface area (Å²) in [5.41, 5.74) is 8.68. The van der Waals surface area contributed by atoms with Gasteiger partial charge in [-0.25, -0.2) is 13.6 Å². The minimum absolute atomic E-state index is 0.0412. The van der Waals surface area contributed by atoms with Crippen molar-refractivity contribution in [2.45, 2.75) is 20.0 Å². The number of methoxy groups -OCH3 is 2. The Morgan fingerprint density at radius 3 is 2.43 bits per heavy atom. The van der Waals surface area contributed by atoms with E-state index in [0.29, 0.717) is 33.9 Å². The van der Waals surface area contributed by atoms with Crippen LogP contribution in [-0.4, -0.2) is 43.5 Å². The van der Waals surface area contributed by atoms with Crippen molar-refractivity contribution in [2.75, 3.05) is 31.1 Å². The Bertz CT molecular complexity index is 1360. The second kappa shape index (κ2) is 10.6. The van der Waals surface area contributed by atoms with Crippen LogP contribution in [0.25, 0.3) is 5.57 Å². The molecule has 11 heteroatoms. The maximum Gasteiger partial charge on any atom is 0.329 e. The second-order valence-corrected chi connectivity index (χ2v) is 8.22. The van der Waals surface area contributed by atoms with Gasteiger partial charge in [-0.3, -0.25) is 24.8 Å². The molecule has 9 nitrogen and oxygen atoms in total. The topological polar surface area (TPSA) is 106 Å². The van der Waals surface area contributed by atoms with Crippen molar-refractivity contribution in [2.24, 2.45) is 10.7 Å². The molecule has 0 saturated carbocycles. The zero-order chi connectivity index (χ0) is 26.7. The summed E-state index contributed by atoms with van der Waals surface area (Å²) >= 11 is 0. The normalized spacial score (nSPS) is 14.1. The molecule has 37 heavy (non-hydrogen) atoms. The zero-order valence-electron chi connectivity index (χ0n) is 20.8. The molecule has 0 radical (unpaired) electrons. The molecule has 3 heterocycles. The van der Waals surface area contributed by atoms with Crippen LogP contribution in [0.4, 0.5) is 25.0 Å². The van der Waals surface area contributed by atoms with Crippen molar-refractivity contribution in [3.05, 3.63) is 77.0 Å². The van der Waals surface area contributed by atoms with Crippen LogP contribution in [0.15, 0.2) is 53.4 Å². The number of rotatable bonds is 7. The molecule has 2 amide bonds. The Balaban J connectivity index is 1.90. The SMILES string of the molecule is CN=CC(=C(C)N)c1cc2c(cn1)CN(c1c(F)c(OC)cc(OC)c1F)C(=O)N2Cc1ccccn1. The molecule has 0 aliphatic carbocycles. The lowest BCUT2D eigenvalue weighted by molar-refractivity contribution is 0.249. The molecule has 0 unspecified atom stereocenters. The summed E-state index contributed by atoms with van der Waals surface area (Å²) in [6.45, 7) is 1.62. The second-order valence-electron chi connectivity index (χ2n) is 8.22. The van der Waals surface area contributed by atoms with Gasteiger partial charge in [-0.1, -0.05) is 6.07 Å². The fraction of sp³-hybridized carbons (Fsp3) is 0.231. The summed E-state index contributed by atoms with van der Waals surface area (Å²) in [6.07, 6.45) is 4.73. The third kappa shape index (κ3) is 4.80. The number of hydrogen-bond donors (Lipinski definition) is 1. The molecule has 0 saturated heterocycles. The Labute approximate surface area is 212 Å². The molecule has 1 aromatic carbocycles. The van der Waals surface area contributed by atoms with Gasteiger partial charge < -0.3 is 15.2 Å². The van der Waals surface area contributed by atoms with Crippen molar-refractivity contribution >= 4 is 29.2 Å². The first-order valence-corrected chi connectivity index (χ1v) is 11.3. The van der Waals surface area contributed by atoms with Gasteiger partial charge >= 0.3 is 6.03 Å². The van der Waals surface area contributed by atoms with E-state index in [0.717, 1.165) is 11.0 Å². The van der Waals surface area contributed by atoms with Gasteiger partial charge in [0.05, 0.1) is 44.4 Å². The van der Waals surface area contributed by atoms with Crippen LogP contribution in [0.2, 0.25) is 0 Å². The molecule has 3 aromatic rings. The average Bonchev–Trinajstić information content (AvgIpc) is 2.90. The van der Waals surface area contributed by atoms with Crippen molar-refractivity contribution in [3.8, 4) is 11.5 Å². The first-order valence-electron chi connectivity index (χ1n) is 11.3. The molecule has 1 aliphatic heterocycles. The summed E-state index contributed by atoms with van der Waals surface area (Å²) in [7, 11) is 4.10. The standard InChI is InChI=1S/C26H26F2N6O3/c1-15(29)18(12-30-2)19-9-20-16(11-32-19)13-34(26(35)33(20)14-17-7-5-6-8-31-17)25-23(27)21(36-3)10-22(37-4)24(25)28/h5-12H,13-14,29H2,1-4H3. The lowest BCUT2D eigenvalue weighted by Crippen LogP contribution is -2.48. The number of hydrogen-bond acceptors (Lipinski definition) is 7. The van der Waals surface area contributed by atoms with Crippen LogP contribution in [0, 0.1) is 11.6 Å². The molecule has 0 bridgehead atoms. The first-order chi connectivity index (χ1) is 17.8. The smallest absolute Gasteiger partial charge is 0.329 e. The number of ether oxygens (including phenoxy) is 2. The van der Waals surface area contributed by atoms with Gasteiger partial charge in [-0.2, -0.15) is 0 Å². The number of urea groups is 1. The maximum absolute atomic E-state index is 15.4. The number of anilines is 2. The number of allylic oxidation sites excluding steroid dienone is 2. The fourth-order valence-electron chi connectivity index (χ4n) is 4.07. The van der Waals surface area contributed by atoms with E-state index in [2.05, 4.69) is 15.0 Å². The monoisotopic (exact) mass is 508 g/mol. The van der Waals surface area contributed by atoms with E-state index >= 15 is 8.78 Å². The van der Waals surface area contributed by atoms with E-state index < -0.39 is 23.4 Å². The van der Waals surface area contributed by atoms with E-state index in [1.54, 1.807) is 56.8 Å². The third-order valence-electron chi connectivity index (χ3n) is 5.87. The number of aliphatic imine (C=N–C) groups is 1. The van der Waals surface area contributed by atoms with Gasteiger partial charge in [-0.15, -0.1) is 0 Å². The number of amides is 2. The van der Waals surface area contributed by atoms with Crippen molar-refractivity contribution in [1.29, 1.82) is 0 Å². The van der Waals surface area contributed by atoms with Crippen LogP contribution in [-0.2, 0) is 13.1 Å². The maximum atomic E-state index is 15.4. The number of aromatic nitrogens is 2. The molecule has 0 fully saturated rings. The van der Waals surface area contributed by atoms with Gasteiger partial charge in [0.25, 0.3) is 0 Å². The van der Waals surface area contributed by atoms with Crippen molar-refractivity contribution < 1.29 is 23.0 Å². The highest BCUT2D eigenvalue weighted by molar-refractivity contribution is 6.11. The number of halogens is 2. The van der Waals surface area contributed by atoms with Gasteiger partial charge in [0.1, 0.15) is 5.69 Å². The van der Waals surface area contributed by atoms with E-state index in [1.165, 1.54) is 19.1 Å². The molecular formula is C26H26F2N6O3. The van der Waals surface area contributed by atoms with Crippen LogP contribution in [0.1, 0.15) is 23.9 Å². The number of pyridine rings is 2. The van der Waals surface area contributed by atoms with Crippen molar-refractivity contribution in [1.82, 2.24) is 9.97 Å². The molecule has 4 rings (SSSR count). The molecule has 2 aromatic heterocycles. The van der Waals surface area contributed by atoms with Crippen LogP contribution < -0.4 is 25.0 Å². The Morgan fingerprint density at radius 2 is 1.86 bits per heavy atom. The largest absolute Gasteiger partial charge is 0.493 e. The highest BCUT2D eigenvalue weighted by atomic mass is 19.1. The van der Waals surface area contributed by atoms with E-state index in [1.807, 2.05) is 0 Å². The molecule has 0 atom stereocenters. The summed E-state index contributed by atoms with van der Waals surface area (Å²) in [5.74, 6) is -2.57. The number of nitrogens with two attached hydrogens (primary N) is 1. The summed E-state index contributed by atoms with van der Waals surface area (Å²) in [4.78, 5) is 29.1. The predicted molar refractivity (Wildman–Crippen MR) is 137 cm³/mol. The van der Waals surface area contributed by atoms with Crippen LogP contribution in [0.3, 0.4) is 0 Å². The minimum Gasteiger partial charge on any atom is -0.493 e. The fourth-order valence-corrected chi connectivity index (χ4v) is 4.07. The third-order valence-corrected chi connectivity index (χ3v) is 5.87. The summed E-state index contributed by atoms with van der Waals surface area (Å²) in [5, 5.41) is 0. The zero-order valence-corrected chi connectivity index (χ0v) is 20.8. The number of carbonyl (C=O) groups is 1. The number of benzene rings is 1. The number of fused-ring (bicyclic) bond motifs is 1. The van der Waals surface area contributed by atoms with Crippen molar-refractivity contribution in [3.63, 3.8) is 0 Å². The predicted octanol–water partition coefficient (Wildman–Crippen LogP) is 4.31. The Hall–Kier alpha value is -4.54. The van der Waals surface area contributed by atoms with E-state index in [9.17, 15) is 4.79 Å². The molecule has 2 N–H and O–H groups in total. The van der Waals surface area contributed by atoms with Gasteiger partial charge in [0, 0.05) is 48.6 Å². The molecular weight excluding hydrogens is 482 g/mol. The van der Waals surface area contributed by atoms with Crippen LogP contribution in [0.5, 0.6) is 11.5 Å². The molecule has 1 aliphatic rings. The lowest BCUT2D eigenvalue weighted by atomic mass is 10.0. The van der Waals surface area contributed by atoms with Gasteiger partial charge in [-0.05, 0) is 25.1 Å². The number of nitrogens with zero attached hydrogens (tertiary/aromatic N) is 5. The Morgan fingerprint density at radius 1 is 1.16 bits per heavy atom. The lowest BCUT2D eigenvalue weighted by Gasteiger charge is -2.37. The van der Waals surface area contributed by atoms with E-state index in [4.69, 9.17) is 15.2 Å². The molecule has 0 spiro atoms. The summed E-state index contributed by atoms with van der Waals surface area (Å²) in [6, 6.07) is 7.43. The quantitative estimate of drug-likeness (QED) is 0.477. The Kier molecular flexibility index (Phi) is 7.32. The number of carbonyl (C=O) groups excluding carboxylic acids is 1. The minimum atomic E-state index is -1.02. The molecule has 192 valence electrons. The first kappa shape index (κ1) is 25.5. The van der Waals surface area contributed by atoms with Crippen LogP contribution >= 0.6 is 0 Å². The van der Waals surface area contributed by atoms with Gasteiger partial charge in [0.2, 0.25) is 0 Å². The summed E-state index contributed by atoms with van der Waals surface area (Å²) < 4.78 is 40.9. The van der Waals surface area contributed by atoms with E-state index in [-0.39, 0.29) is 24.6 Å². The average molecular weight is 509 g/mol. The highest BCUT2D eigenvalue weighted by Crippen LogP contribution is 2.41. The van der Waals surface area contributed by atoms with Gasteiger partial charge in [0.15, 0.2) is 23.1 Å².